The molecule has 0 fully saturated rings. The van der Waals surface area contributed by atoms with Crippen LogP contribution in [0, 0.1) is 6.92 Å². The molecule has 0 radical (unpaired) electrons. The highest BCUT2D eigenvalue weighted by Crippen LogP contribution is 2.30. The molecular formula is C15H12ClN. The number of hydrogen-bond acceptors (Lipinski definition) is 1. The second-order valence-corrected chi connectivity index (χ2v) is 4.73. The van der Waals surface area contributed by atoms with Gasteiger partial charge in [-0.25, -0.2) is 4.99 Å². The van der Waals surface area contributed by atoms with Gasteiger partial charge < -0.3 is 0 Å². The molecule has 0 unspecified atom stereocenters. The average Bonchev–Trinajstić information content (AvgIpc) is 2.46. The Balaban J connectivity index is 2.24. The van der Waals surface area contributed by atoms with Crippen LogP contribution in [-0.4, -0.2) is 5.17 Å². The van der Waals surface area contributed by atoms with E-state index in [9.17, 15) is 0 Å². The molecule has 1 aliphatic rings. The van der Waals surface area contributed by atoms with Crippen molar-refractivity contribution in [1.82, 2.24) is 0 Å². The van der Waals surface area contributed by atoms with E-state index in [2.05, 4.69) is 30.1 Å². The lowest BCUT2D eigenvalue weighted by molar-refractivity contribution is 1.18. The Kier molecular flexibility index (Phi) is 2.49. The molecule has 2 heteroatoms. The van der Waals surface area contributed by atoms with Crippen molar-refractivity contribution in [2.45, 2.75) is 13.3 Å². The highest BCUT2D eigenvalue weighted by Gasteiger charge is 2.14. The third-order valence-electron chi connectivity index (χ3n) is 3.07. The third kappa shape index (κ3) is 1.87. The molecule has 0 bridgehead atoms. The fourth-order valence-corrected chi connectivity index (χ4v) is 2.49. The lowest BCUT2D eigenvalue weighted by Gasteiger charge is -2.05. The van der Waals surface area contributed by atoms with Crippen LogP contribution < -0.4 is 0 Å². The van der Waals surface area contributed by atoms with Gasteiger partial charge in [0, 0.05) is 12.0 Å². The summed E-state index contributed by atoms with van der Waals surface area (Å²) in [5, 5.41) is 0.586. The number of rotatable bonds is 0. The standard InChI is InChI=1S/C15H12ClN/c1-10-6-7-14-12(8-10)9-11-4-2-3-5-13(11)15(16)17-14/h2-8H,9H2,1H3. The quantitative estimate of drug-likeness (QED) is 0.655. The minimum atomic E-state index is 0.586. The van der Waals surface area contributed by atoms with E-state index in [4.69, 9.17) is 11.6 Å². The first-order chi connectivity index (χ1) is 8.24. The van der Waals surface area contributed by atoms with E-state index in [0.29, 0.717) is 5.17 Å². The number of aliphatic imine (C=N–C) groups is 1. The van der Waals surface area contributed by atoms with Gasteiger partial charge in [-0.1, -0.05) is 53.6 Å². The normalized spacial score (nSPS) is 13.4. The predicted octanol–water partition coefficient (Wildman–Crippen LogP) is 4.22. The summed E-state index contributed by atoms with van der Waals surface area (Å²) < 4.78 is 0. The van der Waals surface area contributed by atoms with Crippen LogP contribution in [0.15, 0.2) is 47.5 Å². The second-order valence-electron chi connectivity index (χ2n) is 4.37. The first-order valence-electron chi connectivity index (χ1n) is 5.66. The Morgan fingerprint density at radius 1 is 1.06 bits per heavy atom. The second kappa shape index (κ2) is 4.01. The summed E-state index contributed by atoms with van der Waals surface area (Å²) >= 11 is 6.27. The average molecular weight is 242 g/mol. The Hall–Kier alpha value is -1.60. The summed E-state index contributed by atoms with van der Waals surface area (Å²) in [5.41, 5.74) is 5.77. The van der Waals surface area contributed by atoms with Crippen molar-refractivity contribution in [3.05, 3.63) is 64.7 Å². The fourth-order valence-electron chi connectivity index (χ4n) is 2.21. The molecule has 0 saturated carbocycles. The van der Waals surface area contributed by atoms with Gasteiger partial charge >= 0.3 is 0 Å². The lowest BCUT2D eigenvalue weighted by atomic mass is 9.99. The topological polar surface area (TPSA) is 12.4 Å². The van der Waals surface area contributed by atoms with Crippen molar-refractivity contribution in [2.24, 2.45) is 4.99 Å². The van der Waals surface area contributed by atoms with E-state index < -0.39 is 0 Å². The van der Waals surface area contributed by atoms with E-state index in [-0.39, 0.29) is 0 Å². The largest absolute Gasteiger partial charge is 0.236 e. The molecule has 84 valence electrons. The molecule has 2 aromatic carbocycles. The minimum Gasteiger partial charge on any atom is -0.236 e. The maximum absolute atomic E-state index is 6.27. The summed E-state index contributed by atoms with van der Waals surface area (Å²) in [4.78, 5) is 4.50. The van der Waals surface area contributed by atoms with Gasteiger partial charge in [-0.15, -0.1) is 0 Å². The molecule has 0 amide bonds. The molecular weight excluding hydrogens is 230 g/mol. The molecule has 1 heterocycles. The van der Waals surface area contributed by atoms with Gasteiger partial charge in [0.2, 0.25) is 0 Å². The van der Waals surface area contributed by atoms with Crippen molar-refractivity contribution in [2.75, 3.05) is 0 Å². The van der Waals surface area contributed by atoms with E-state index in [1.807, 2.05) is 24.3 Å². The number of halogens is 1. The Morgan fingerprint density at radius 2 is 1.88 bits per heavy atom. The summed E-state index contributed by atoms with van der Waals surface area (Å²) in [7, 11) is 0. The molecule has 0 atom stereocenters. The molecule has 0 N–H and O–H groups in total. The van der Waals surface area contributed by atoms with E-state index >= 15 is 0 Å². The highest BCUT2D eigenvalue weighted by atomic mass is 35.5. The van der Waals surface area contributed by atoms with Crippen LogP contribution in [0.1, 0.15) is 22.3 Å². The Bertz CT molecular complexity index is 614. The zero-order valence-electron chi connectivity index (χ0n) is 9.57. The molecule has 17 heavy (non-hydrogen) atoms. The van der Waals surface area contributed by atoms with Crippen LogP contribution in [0.2, 0.25) is 0 Å². The first kappa shape index (κ1) is 10.5. The molecule has 1 nitrogen and oxygen atoms in total. The first-order valence-corrected chi connectivity index (χ1v) is 6.04. The van der Waals surface area contributed by atoms with Crippen LogP contribution in [-0.2, 0) is 6.42 Å². The molecule has 0 saturated heterocycles. The van der Waals surface area contributed by atoms with Crippen molar-refractivity contribution < 1.29 is 0 Å². The SMILES string of the molecule is Cc1ccc2c(c1)Cc1ccccc1C(Cl)=N2. The molecule has 3 rings (SSSR count). The van der Waals surface area contributed by atoms with Crippen LogP contribution in [0.25, 0.3) is 0 Å². The molecule has 0 aliphatic carbocycles. The number of nitrogens with zero attached hydrogens (tertiary/aromatic N) is 1. The lowest BCUT2D eigenvalue weighted by Crippen LogP contribution is -1.95. The van der Waals surface area contributed by atoms with Gasteiger partial charge in [-0.2, -0.15) is 0 Å². The van der Waals surface area contributed by atoms with Gasteiger partial charge in [0.05, 0.1) is 5.69 Å². The monoisotopic (exact) mass is 241 g/mol. The van der Waals surface area contributed by atoms with Crippen molar-refractivity contribution in [3.63, 3.8) is 0 Å². The van der Waals surface area contributed by atoms with E-state index in [1.165, 1.54) is 16.7 Å². The van der Waals surface area contributed by atoms with Gasteiger partial charge in [-0.3, -0.25) is 0 Å². The zero-order valence-corrected chi connectivity index (χ0v) is 10.3. The third-order valence-corrected chi connectivity index (χ3v) is 3.36. The van der Waals surface area contributed by atoms with Gasteiger partial charge in [0.25, 0.3) is 0 Å². The Morgan fingerprint density at radius 3 is 2.76 bits per heavy atom. The van der Waals surface area contributed by atoms with Crippen molar-refractivity contribution >= 4 is 22.5 Å². The Labute approximate surface area is 106 Å². The summed E-state index contributed by atoms with van der Waals surface area (Å²) in [6.07, 6.45) is 0.896. The van der Waals surface area contributed by atoms with Crippen LogP contribution >= 0.6 is 11.6 Å². The number of fused-ring (bicyclic) bond motifs is 2. The van der Waals surface area contributed by atoms with Gasteiger partial charge in [-0.05, 0) is 24.1 Å². The van der Waals surface area contributed by atoms with Crippen LogP contribution in [0.5, 0.6) is 0 Å². The summed E-state index contributed by atoms with van der Waals surface area (Å²) in [5.74, 6) is 0. The van der Waals surface area contributed by atoms with Gasteiger partial charge in [0.1, 0.15) is 5.17 Å². The van der Waals surface area contributed by atoms with E-state index in [1.54, 1.807) is 0 Å². The molecule has 0 aromatic heterocycles. The van der Waals surface area contributed by atoms with E-state index in [0.717, 1.165) is 17.7 Å². The van der Waals surface area contributed by atoms with Crippen LogP contribution in [0.3, 0.4) is 0 Å². The molecule has 2 aromatic rings. The summed E-state index contributed by atoms with van der Waals surface area (Å²) in [6.45, 7) is 2.10. The van der Waals surface area contributed by atoms with Crippen molar-refractivity contribution in [3.8, 4) is 0 Å². The van der Waals surface area contributed by atoms with Crippen LogP contribution in [0.4, 0.5) is 5.69 Å². The number of benzene rings is 2. The summed E-state index contributed by atoms with van der Waals surface area (Å²) in [6, 6.07) is 14.5. The highest BCUT2D eigenvalue weighted by molar-refractivity contribution is 6.70. The number of aryl methyl sites for hydroxylation is 1. The number of hydrogen-bond donors (Lipinski definition) is 0. The predicted molar refractivity (Wildman–Crippen MR) is 72.5 cm³/mol. The minimum absolute atomic E-state index is 0.586. The zero-order chi connectivity index (χ0) is 11.8. The maximum Gasteiger partial charge on any atom is 0.137 e. The smallest absolute Gasteiger partial charge is 0.137 e. The fraction of sp³-hybridized carbons (Fsp3) is 0.133. The molecule has 1 aliphatic heterocycles. The van der Waals surface area contributed by atoms with Crippen molar-refractivity contribution in [1.29, 1.82) is 0 Å². The maximum atomic E-state index is 6.27. The molecule has 0 spiro atoms. The van der Waals surface area contributed by atoms with Gasteiger partial charge in [0.15, 0.2) is 0 Å².